The SMILES string of the molecule is CCN(CC)S(=O)(=O)c1ccc(-c2csc(-c3ccc(OC)cc3)n2)cc1. The summed E-state index contributed by atoms with van der Waals surface area (Å²) in [5.41, 5.74) is 2.75. The predicted octanol–water partition coefficient (Wildman–Crippen LogP) is 4.52. The molecule has 0 atom stereocenters. The third kappa shape index (κ3) is 4.05. The lowest BCUT2D eigenvalue weighted by molar-refractivity contribution is 0.415. The van der Waals surface area contributed by atoms with E-state index in [1.165, 1.54) is 4.31 Å². The molecule has 0 aliphatic carbocycles. The van der Waals surface area contributed by atoms with Crippen molar-refractivity contribution >= 4 is 21.4 Å². The van der Waals surface area contributed by atoms with Crippen LogP contribution in [-0.2, 0) is 10.0 Å². The van der Waals surface area contributed by atoms with Gasteiger partial charge in [-0.2, -0.15) is 4.31 Å². The molecule has 0 unspecified atom stereocenters. The molecule has 7 heteroatoms. The molecule has 1 heterocycles. The second-order valence-corrected chi connectivity index (χ2v) is 8.68. The van der Waals surface area contributed by atoms with Gasteiger partial charge in [-0.05, 0) is 36.4 Å². The normalized spacial score (nSPS) is 11.7. The number of nitrogens with zero attached hydrogens (tertiary/aromatic N) is 2. The van der Waals surface area contributed by atoms with Gasteiger partial charge in [0.15, 0.2) is 0 Å². The highest BCUT2D eigenvalue weighted by atomic mass is 32.2. The Morgan fingerprint density at radius 2 is 1.56 bits per heavy atom. The number of hydrogen-bond acceptors (Lipinski definition) is 5. The minimum absolute atomic E-state index is 0.306. The molecule has 0 N–H and O–H groups in total. The van der Waals surface area contributed by atoms with Crippen LogP contribution in [0.2, 0.25) is 0 Å². The Hall–Kier alpha value is -2.22. The van der Waals surface area contributed by atoms with Crippen molar-refractivity contribution in [3.05, 3.63) is 53.9 Å². The van der Waals surface area contributed by atoms with Gasteiger partial charge in [-0.3, -0.25) is 0 Å². The zero-order valence-corrected chi connectivity index (χ0v) is 17.2. The first-order valence-electron chi connectivity index (χ1n) is 8.70. The summed E-state index contributed by atoms with van der Waals surface area (Å²) in [6.07, 6.45) is 0. The van der Waals surface area contributed by atoms with Crippen molar-refractivity contribution in [1.29, 1.82) is 0 Å². The van der Waals surface area contributed by atoms with E-state index in [4.69, 9.17) is 4.74 Å². The first-order chi connectivity index (χ1) is 13.0. The second kappa shape index (κ2) is 8.21. The number of benzene rings is 2. The van der Waals surface area contributed by atoms with E-state index in [9.17, 15) is 8.42 Å². The van der Waals surface area contributed by atoms with Gasteiger partial charge in [0.25, 0.3) is 0 Å². The van der Waals surface area contributed by atoms with Crippen LogP contribution in [-0.4, -0.2) is 37.9 Å². The standard InChI is InChI=1S/C20H22N2O3S2/c1-4-22(5-2)27(23,24)18-12-8-15(9-13-18)19-14-26-20(21-19)16-6-10-17(25-3)11-7-16/h6-14H,4-5H2,1-3H3. The maximum atomic E-state index is 12.6. The molecule has 0 amide bonds. The Kier molecular flexibility index (Phi) is 5.94. The van der Waals surface area contributed by atoms with Gasteiger partial charge in [-0.1, -0.05) is 26.0 Å². The number of sulfonamides is 1. The van der Waals surface area contributed by atoms with Crippen molar-refractivity contribution in [1.82, 2.24) is 9.29 Å². The molecule has 0 radical (unpaired) electrons. The second-order valence-electron chi connectivity index (χ2n) is 5.88. The van der Waals surface area contributed by atoms with E-state index in [-0.39, 0.29) is 0 Å². The molecule has 2 aromatic carbocycles. The lowest BCUT2D eigenvalue weighted by Crippen LogP contribution is -2.30. The molecule has 3 rings (SSSR count). The highest BCUT2D eigenvalue weighted by molar-refractivity contribution is 7.89. The third-order valence-corrected chi connectivity index (χ3v) is 7.29. The Labute approximate surface area is 164 Å². The van der Waals surface area contributed by atoms with Gasteiger partial charge in [0, 0.05) is 29.6 Å². The summed E-state index contributed by atoms with van der Waals surface area (Å²) in [6.45, 7) is 4.59. The van der Waals surface area contributed by atoms with Crippen molar-refractivity contribution in [2.75, 3.05) is 20.2 Å². The zero-order chi connectivity index (χ0) is 19.4. The largest absolute Gasteiger partial charge is 0.497 e. The number of thiazole rings is 1. The van der Waals surface area contributed by atoms with Crippen molar-refractivity contribution in [2.45, 2.75) is 18.7 Å². The number of hydrogen-bond donors (Lipinski definition) is 0. The van der Waals surface area contributed by atoms with Gasteiger partial charge in [-0.15, -0.1) is 11.3 Å². The number of ether oxygens (including phenoxy) is 1. The highest BCUT2D eigenvalue weighted by Crippen LogP contribution is 2.30. The number of methoxy groups -OCH3 is 1. The van der Waals surface area contributed by atoms with E-state index in [0.717, 1.165) is 27.6 Å². The molecule has 0 saturated heterocycles. The third-order valence-electron chi connectivity index (χ3n) is 4.33. The Bertz CT molecular complexity index is 990. The van der Waals surface area contributed by atoms with E-state index in [2.05, 4.69) is 4.98 Å². The quantitative estimate of drug-likeness (QED) is 0.583. The molecular weight excluding hydrogens is 380 g/mol. The molecule has 0 saturated carbocycles. The van der Waals surface area contributed by atoms with Gasteiger partial charge in [0.05, 0.1) is 17.7 Å². The summed E-state index contributed by atoms with van der Waals surface area (Å²) in [4.78, 5) is 4.99. The molecule has 0 spiro atoms. The molecule has 142 valence electrons. The van der Waals surface area contributed by atoms with Gasteiger partial charge in [0.1, 0.15) is 10.8 Å². The summed E-state index contributed by atoms with van der Waals surface area (Å²) >= 11 is 1.55. The molecule has 27 heavy (non-hydrogen) atoms. The minimum atomic E-state index is -3.44. The van der Waals surface area contributed by atoms with E-state index in [1.54, 1.807) is 30.6 Å². The summed E-state index contributed by atoms with van der Waals surface area (Å²) in [6, 6.07) is 14.7. The molecule has 0 fully saturated rings. The first-order valence-corrected chi connectivity index (χ1v) is 11.0. The fraction of sp³-hybridized carbons (Fsp3) is 0.250. The summed E-state index contributed by atoms with van der Waals surface area (Å²) < 4.78 is 31.8. The van der Waals surface area contributed by atoms with Crippen molar-refractivity contribution in [2.24, 2.45) is 0 Å². The van der Waals surface area contributed by atoms with Crippen LogP contribution in [0.5, 0.6) is 5.75 Å². The van der Waals surface area contributed by atoms with Crippen LogP contribution in [0.25, 0.3) is 21.8 Å². The van der Waals surface area contributed by atoms with Crippen LogP contribution in [0.1, 0.15) is 13.8 Å². The number of aromatic nitrogens is 1. The van der Waals surface area contributed by atoms with Gasteiger partial charge in [-0.25, -0.2) is 13.4 Å². The highest BCUT2D eigenvalue weighted by Gasteiger charge is 2.21. The number of rotatable bonds is 7. The Morgan fingerprint density at radius 3 is 2.11 bits per heavy atom. The van der Waals surface area contributed by atoms with Crippen LogP contribution in [0.3, 0.4) is 0 Å². The fourth-order valence-electron chi connectivity index (χ4n) is 2.78. The Morgan fingerprint density at radius 1 is 0.963 bits per heavy atom. The van der Waals surface area contributed by atoms with Crippen LogP contribution >= 0.6 is 11.3 Å². The lowest BCUT2D eigenvalue weighted by Gasteiger charge is -2.18. The van der Waals surface area contributed by atoms with Crippen molar-refractivity contribution in [3.8, 4) is 27.6 Å². The summed E-state index contributed by atoms with van der Waals surface area (Å²) in [5.74, 6) is 0.806. The molecule has 1 aromatic heterocycles. The van der Waals surface area contributed by atoms with Crippen molar-refractivity contribution in [3.63, 3.8) is 0 Å². The monoisotopic (exact) mass is 402 g/mol. The summed E-state index contributed by atoms with van der Waals surface area (Å²) in [5, 5.41) is 2.89. The van der Waals surface area contributed by atoms with E-state index < -0.39 is 10.0 Å². The lowest BCUT2D eigenvalue weighted by atomic mass is 10.2. The molecular formula is C20H22N2O3S2. The Balaban J connectivity index is 1.85. The first kappa shape index (κ1) is 19.5. The van der Waals surface area contributed by atoms with E-state index >= 15 is 0 Å². The fourth-order valence-corrected chi connectivity index (χ4v) is 5.08. The van der Waals surface area contributed by atoms with Gasteiger partial charge in [0.2, 0.25) is 10.0 Å². The minimum Gasteiger partial charge on any atom is -0.497 e. The van der Waals surface area contributed by atoms with E-state index in [0.29, 0.717) is 18.0 Å². The topological polar surface area (TPSA) is 59.5 Å². The average molecular weight is 403 g/mol. The van der Waals surface area contributed by atoms with Gasteiger partial charge < -0.3 is 4.74 Å². The van der Waals surface area contributed by atoms with E-state index in [1.807, 2.05) is 55.6 Å². The van der Waals surface area contributed by atoms with Crippen LogP contribution < -0.4 is 4.74 Å². The van der Waals surface area contributed by atoms with Crippen LogP contribution in [0, 0.1) is 0 Å². The maximum Gasteiger partial charge on any atom is 0.243 e. The smallest absolute Gasteiger partial charge is 0.243 e. The predicted molar refractivity (Wildman–Crippen MR) is 110 cm³/mol. The van der Waals surface area contributed by atoms with Crippen LogP contribution in [0.4, 0.5) is 0 Å². The van der Waals surface area contributed by atoms with Crippen molar-refractivity contribution < 1.29 is 13.2 Å². The average Bonchev–Trinajstić information content (AvgIpc) is 3.19. The molecule has 5 nitrogen and oxygen atoms in total. The maximum absolute atomic E-state index is 12.6. The zero-order valence-electron chi connectivity index (χ0n) is 15.5. The molecule has 3 aromatic rings. The molecule has 0 aliphatic heterocycles. The molecule has 0 bridgehead atoms. The van der Waals surface area contributed by atoms with Gasteiger partial charge >= 0.3 is 0 Å². The summed E-state index contributed by atoms with van der Waals surface area (Å²) in [7, 11) is -1.80. The van der Waals surface area contributed by atoms with Crippen LogP contribution in [0.15, 0.2) is 58.8 Å². The molecule has 0 aliphatic rings.